The molecule has 1 spiro atoms. The van der Waals surface area contributed by atoms with E-state index >= 15 is 0 Å². The molecule has 2 aliphatic rings. The summed E-state index contributed by atoms with van der Waals surface area (Å²) in [6.45, 7) is 7.51. The molecule has 2 atom stereocenters. The summed E-state index contributed by atoms with van der Waals surface area (Å²) in [7, 11) is -3.11. The molecule has 1 aromatic carbocycles. The van der Waals surface area contributed by atoms with E-state index in [0.29, 0.717) is 5.82 Å². The Balaban J connectivity index is 1.38. The van der Waals surface area contributed by atoms with Crippen LogP contribution in [0.3, 0.4) is 0 Å². The number of aromatic nitrogens is 3. The third-order valence-corrected chi connectivity index (χ3v) is 8.59. The molecule has 0 unspecified atom stereocenters. The number of phenolic OH excluding ortho intramolecular Hbond substituents is 1. The van der Waals surface area contributed by atoms with Crippen molar-refractivity contribution in [1.29, 1.82) is 0 Å². The Kier molecular flexibility index (Phi) is 6.04. The van der Waals surface area contributed by atoms with Gasteiger partial charge in [-0.2, -0.15) is 0 Å². The Morgan fingerprint density at radius 2 is 2.00 bits per heavy atom. The van der Waals surface area contributed by atoms with E-state index in [1.54, 1.807) is 29.0 Å². The summed E-state index contributed by atoms with van der Waals surface area (Å²) >= 11 is 0. The van der Waals surface area contributed by atoms with Gasteiger partial charge in [-0.25, -0.2) is 9.29 Å². The van der Waals surface area contributed by atoms with Crippen molar-refractivity contribution in [2.45, 2.75) is 51.7 Å². The first kappa shape index (κ1) is 23.7. The van der Waals surface area contributed by atoms with E-state index in [-0.39, 0.29) is 11.8 Å². The number of likely N-dealkylation sites (tertiary alicyclic amines) is 1. The molecule has 5 rings (SSSR count). The van der Waals surface area contributed by atoms with Crippen LogP contribution in [0.4, 0.5) is 5.82 Å². The fraction of sp³-hybridized carbons (Fsp3) is 0.346. The summed E-state index contributed by atoms with van der Waals surface area (Å²) in [6, 6.07) is 9.77. The van der Waals surface area contributed by atoms with Gasteiger partial charge in [0, 0.05) is 42.5 Å². The number of piperidine rings is 1. The second-order valence-electron chi connectivity index (χ2n) is 9.57. The molecule has 0 saturated carbocycles. The van der Waals surface area contributed by atoms with Crippen molar-refractivity contribution in [3.8, 4) is 17.0 Å². The van der Waals surface area contributed by atoms with Crippen molar-refractivity contribution in [2.24, 2.45) is 0 Å². The monoisotopic (exact) mass is 493 g/mol. The van der Waals surface area contributed by atoms with Crippen LogP contribution in [-0.2, 0) is 6.54 Å². The lowest BCUT2D eigenvalue weighted by Gasteiger charge is -2.51. The normalized spacial score (nSPS) is 24.7. The minimum Gasteiger partial charge on any atom is -0.507 e. The highest BCUT2D eigenvalue weighted by atomic mass is 32.3. The van der Waals surface area contributed by atoms with Gasteiger partial charge in [0.1, 0.15) is 5.75 Å². The van der Waals surface area contributed by atoms with E-state index in [1.165, 1.54) is 5.41 Å². The second kappa shape index (κ2) is 8.91. The topological polar surface area (TPSA) is 106 Å². The molecule has 2 aliphatic heterocycles. The number of aryl methyl sites for hydroxylation is 2. The first-order chi connectivity index (χ1) is 16.7. The summed E-state index contributed by atoms with van der Waals surface area (Å²) in [5.41, 5.74) is 3.84. The number of nitrogens with zero attached hydrogens (tertiary/aromatic N) is 5. The van der Waals surface area contributed by atoms with Crippen molar-refractivity contribution in [3.05, 3.63) is 77.2 Å². The molecule has 2 aromatic heterocycles. The van der Waals surface area contributed by atoms with Crippen LogP contribution in [0.15, 0.2) is 60.4 Å². The summed E-state index contributed by atoms with van der Waals surface area (Å²) in [6.07, 6.45) is 8.40. The molecule has 0 radical (unpaired) electrons. The van der Waals surface area contributed by atoms with E-state index < -0.39 is 16.3 Å². The standard InChI is InChI=1S/C26H31N5O3S/c1-18-5-4-10-28-25(18)22-13-21(6-7-23(22)32)17-30-11-8-26(14-20(30)3)9-12-35(33,34)31(26)24-16-27-15-19(2)29-24/h4-7,9-10,12-13,15-16,20,32-34H,8,11,14,17H2,1-3H3/t20-,26-/m0/s1. The zero-order chi connectivity index (χ0) is 24.8. The Bertz CT molecular complexity index is 1280. The zero-order valence-electron chi connectivity index (χ0n) is 20.2. The van der Waals surface area contributed by atoms with Crippen molar-refractivity contribution in [3.63, 3.8) is 0 Å². The minimum absolute atomic E-state index is 0.177. The van der Waals surface area contributed by atoms with Gasteiger partial charge < -0.3 is 5.11 Å². The molecule has 1 saturated heterocycles. The number of hydrogen-bond donors (Lipinski definition) is 3. The highest BCUT2D eigenvalue weighted by Crippen LogP contribution is 2.59. The lowest BCUT2D eigenvalue weighted by Crippen LogP contribution is -2.55. The van der Waals surface area contributed by atoms with Crippen LogP contribution in [0.2, 0.25) is 0 Å². The average Bonchev–Trinajstić information content (AvgIpc) is 3.07. The second-order valence-corrected chi connectivity index (χ2v) is 11.3. The van der Waals surface area contributed by atoms with Gasteiger partial charge in [-0.15, -0.1) is 0 Å². The maximum atomic E-state index is 10.9. The molecule has 0 amide bonds. The van der Waals surface area contributed by atoms with Gasteiger partial charge in [0.05, 0.1) is 23.1 Å². The SMILES string of the molecule is Cc1cncc(N2[C@]3(C=CS2(O)O)CCN(Cc2ccc(O)c(-c4ncccc4C)c2)[C@@H](C)C3)n1. The van der Waals surface area contributed by atoms with E-state index in [4.69, 9.17) is 0 Å². The predicted octanol–water partition coefficient (Wildman–Crippen LogP) is 5.28. The van der Waals surface area contributed by atoms with Gasteiger partial charge in [-0.1, -0.05) is 22.9 Å². The highest BCUT2D eigenvalue weighted by molar-refractivity contribution is 8.28. The third kappa shape index (κ3) is 4.40. The molecule has 3 N–H and O–H groups in total. The van der Waals surface area contributed by atoms with Gasteiger partial charge in [-0.3, -0.25) is 24.0 Å². The van der Waals surface area contributed by atoms with Crippen LogP contribution in [-0.4, -0.2) is 52.2 Å². The Morgan fingerprint density at radius 3 is 2.74 bits per heavy atom. The number of hydrogen-bond acceptors (Lipinski definition) is 8. The molecule has 3 aromatic rings. The lowest BCUT2D eigenvalue weighted by molar-refractivity contribution is 0.119. The van der Waals surface area contributed by atoms with Crippen LogP contribution >= 0.6 is 10.8 Å². The number of aromatic hydroxyl groups is 1. The summed E-state index contributed by atoms with van der Waals surface area (Å²) in [5, 5.41) is 12.0. The van der Waals surface area contributed by atoms with Gasteiger partial charge in [0.2, 0.25) is 0 Å². The Morgan fingerprint density at radius 1 is 1.17 bits per heavy atom. The molecule has 8 nitrogen and oxygen atoms in total. The Hall–Kier alpha value is -2.98. The van der Waals surface area contributed by atoms with Gasteiger partial charge in [-0.05, 0) is 69.0 Å². The van der Waals surface area contributed by atoms with Crippen LogP contribution in [0, 0.1) is 13.8 Å². The number of pyridine rings is 1. The van der Waals surface area contributed by atoms with Crippen molar-refractivity contribution in [1.82, 2.24) is 19.9 Å². The zero-order valence-corrected chi connectivity index (χ0v) is 21.0. The first-order valence-electron chi connectivity index (χ1n) is 11.7. The quantitative estimate of drug-likeness (QED) is 0.451. The van der Waals surface area contributed by atoms with Crippen LogP contribution in [0.5, 0.6) is 5.75 Å². The van der Waals surface area contributed by atoms with Crippen LogP contribution < -0.4 is 4.31 Å². The van der Waals surface area contributed by atoms with Gasteiger partial charge in [0.15, 0.2) is 5.82 Å². The molecular formula is C26H31N5O3S. The molecule has 9 heteroatoms. The molecule has 184 valence electrons. The fourth-order valence-electron chi connectivity index (χ4n) is 5.27. The van der Waals surface area contributed by atoms with E-state index in [1.807, 2.05) is 44.2 Å². The third-order valence-electron chi connectivity index (χ3n) is 7.00. The van der Waals surface area contributed by atoms with Gasteiger partial charge >= 0.3 is 0 Å². The Labute approximate surface area is 207 Å². The molecule has 0 bridgehead atoms. The molecule has 1 fully saturated rings. The number of rotatable bonds is 4. The van der Waals surface area contributed by atoms with Crippen molar-refractivity contribution < 1.29 is 14.2 Å². The number of phenols is 1. The highest BCUT2D eigenvalue weighted by Gasteiger charge is 2.50. The molecular weight excluding hydrogens is 462 g/mol. The van der Waals surface area contributed by atoms with Crippen molar-refractivity contribution >= 4 is 16.6 Å². The van der Waals surface area contributed by atoms with E-state index in [2.05, 4.69) is 26.8 Å². The maximum Gasteiger partial charge on any atom is 0.166 e. The maximum absolute atomic E-state index is 10.9. The predicted molar refractivity (Wildman–Crippen MR) is 139 cm³/mol. The van der Waals surface area contributed by atoms with E-state index in [9.17, 15) is 14.2 Å². The molecule has 4 heterocycles. The fourth-order valence-corrected chi connectivity index (χ4v) is 6.96. The first-order valence-corrected chi connectivity index (χ1v) is 13.3. The minimum atomic E-state index is -3.11. The number of benzene rings is 1. The van der Waals surface area contributed by atoms with Gasteiger partial charge in [0.25, 0.3) is 0 Å². The largest absolute Gasteiger partial charge is 0.507 e. The van der Waals surface area contributed by atoms with Crippen LogP contribution in [0.25, 0.3) is 11.3 Å². The molecule has 0 aliphatic carbocycles. The lowest BCUT2D eigenvalue weighted by atomic mass is 9.83. The summed E-state index contributed by atoms with van der Waals surface area (Å²) < 4.78 is 23.4. The molecule has 35 heavy (non-hydrogen) atoms. The summed E-state index contributed by atoms with van der Waals surface area (Å²) in [4.78, 5) is 15.6. The van der Waals surface area contributed by atoms with E-state index in [0.717, 1.165) is 54.0 Å². The summed E-state index contributed by atoms with van der Waals surface area (Å²) in [5.74, 6) is 0.710. The average molecular weight is 494 g/mol. The smallest absolute Gasteiger partial charge is 0.166 e. The number of anilines is 1. The van der Waals surface area contributed by atoms with Crippen molar-refractivity contribution in [2.75, 3.05) is 10.8 Å². The van der Waals surface area contributed by atoms with Crippen LogP contribution in [0.1, 0.15) is 36.6 Å².